The zero-order chi connectivity index (χ0) is 24.9. The van der Waals surface area contributed by atoms with Crippen molar-refractivity contribution in [2.45, 2.75) is 32.2 Å². The molecule has 3 N–H and O–H groups in total. The molecule has 7 heteroatoms. The molecule has 7 nitrogen and oxygen atoms in total. The van der Waals surface area contributed by atoms with Crippen LogP contribution in [0.25, 0.3) is 11.1 Å². The predicted octanol–water partition coefficient (Wildman–Crippen LogP) is 5.28. The molecule has 35 heavy (non-hydrogen) atoms. The normalized spacial score (nSPS) is 13.0. The molecule has 3 aromatic rings. The van der Waals surface area contributed by atoms with E-state index in [1.165, 1.54) is 24.3 Å². The number of ether oxygens (including phenoxy) is 1. The van der Waals surface area contributed by atoms with Gasteiger partial charge in [0.1, 0.15) is 6.61 Å². The highest BCUT2D eigenvalue weighted by Crippen LogP contribution is 2.44. The molecule has 1 atom stereocenters. The lowest BCUT2D eigenvalue weighted by Gasteiger charge is -2.22. The molecule has 0 spiro atoms. The highest BCUT2D eigenvalue weighted by atomic mass is 16.5. The van der Waals surface area contributed by atoms with E-state index in [1.807, 2.05) is 38.1 Å². The second-order valence-electron chi connectivity index (χ2n) is 8.96. The fourth-order valence-corrected chi connectivity index (χ4v) is 4.35. The number of aromatic carboxylic acids is 1. The number of nitrogens with one attached hydrogen (secondary N) is 2. The minimum absolute atomic E-state index is 0.00406. The molecule has 0 heterocycles. The molecule has 0 fully saturated rings. The molecular formula is C28H28N2O5. The van der Waals surface area contributed by atoms with Crippen LogP contribution in [0.15, 0.2) is 72.8 Å². The topological polar surface area (TPSA) is 105 Å². The molecule has 1 aliphatic rings. The van der Waals surface area contributed by atoms with E-state index in [-0.39, 0.29) is 36.3 Å². The number of carboxylic acid groups (broad SMARTS) is 1. The number of carbonyl (C=O) groups excluding carboxylic acids is 2. The highest BCUT2D eigenvalue weighted by molar-refractivity contribution is 5.93. The summed E-state index contributed by atoms with van der Waals surface area (Å²) in [7, 11) is 0. The third-order valence-electron chi connectivity index (χ3n) is 6.27. The van der Waals surface area contributed by atoms with Gasteiger partial charge in [-0.1, -0.05) is 62.4 Å². The van der Waals surface area contributed by atoms with Gasteiger partial charge in [0.2, 0.25) is 5.91 Å². The molecule has 180 valence electrons. The lowest BCUT2D eigenvalue weighted by Crippen LogP contribution is -2.41. The van der Waals surface area contributed by atoms with E-state index < -0.39 is 18.1 Å². The fourth-order valence-electron chi connectivity index (χ4n) is 4.35. The fraction of sp³-hybridized carbons (Fsp3) is 0.250. The van der Waals surface area contributed by atoms with Crippen LogP contribution in [0.4, 0.5) is 10.5 Å². The Kier molecular flexibility index (Phi) is 7.15. The Morgan fingerprint density at radius 3 is 2.00 bits per heavy atom. The molecule has 0 aromatic heterocycles. The molecular weight excluding hydrogens is 444 g/mol. The van der Waals surface area contributed by atoms with Gasteiger partial charge in [0.25, 0.3) is 0 Å². The number of hydrogen-bond acceptors (Lipinski definition) is 4. The van der Waals surface area contributed by atoms with Gasteiger partial charge in [0.15, 0.2) is 0 Å². The third-order valence-corrected chi connectivity index (χ3v) is 6.27. The quantitative estimate of drug-likeness (QED) is 0.414. The van der Waals surface area contributed by atoms with Gasteiger partial charge in [-0.2, -0.15) is 0 Å². The van der Waals surface area contributed by atoms with E-state index in [0.29, 0.717) is 5.69 Å². The second kappa shape index (κ2) is 10.4. The van der Waals surface area contributed by atoms with Crippen molar-refractivity contribution >= 4 is 23.7 Å². The Morgan fingerprint density at radius 1 is 0.886 bits per heavy atom. The molecule has 2 amide bonds. The minimum Gasteiger partial charge on any atom is -0.478 e. The lowest BCUT2D eigenvalue weighted by molar-refractivity contribution is -0.116. The number of carboxylic acids is 1. The predicted molar refractivity (Wildman–Crippen MR) is 133 cm³/mol. The highest BCUT2D eigenvalue weighted by Gasteiger charge is 2.29. The van der Waals surface area contributed by atoms with E-state index in [2.05, 4.69) is 34.9 Å². The Balaban J connectivity index is 1.34. The number of amides is 2. The van der Waals surface area contributed by atoms with Gasteiger partial charge in [-0.3, -0.25) is 4.79 Å². The van der Waals surface area contributed by atoms with Gasteiger partial charge < -0.3 is 20.5 Å². The Labute approximate surface area is 204 Å². The zero-order valence-electron chi connectivity index (χ0n) is 19.7. The standard InChI is InChI=1S/C28H28N2O5/c1-17(2)25(15-26(31)29-19-13-11-18(12-14-19)27(32)33)30-28(34)35-16-24-22-9-5-3-7-20(22)21-8-4-6-10-23(21)24/h3-14,17,24-25H,15-16H2,1-2H3,(H,29,31)(H,30,34)(H,32,33). The second-order valence-corrected chi connectivity index (χ2v) is 8.96. The van der Waals surface area contributed by atoms with Crippen LogP contribution >= 0.6 is 0 Å². The van der Waals surface area contributed by atoms with Gasteiger partial charge in [-0.05, 0) is 52.4 Å². The molecule has 0 radical (unpaired) electrons. The van der Waals surface area contributed by atoms with Gasteiger partial charge >= 0.3 is 12.1 Å². The van der Waals surface area contributed by atoms with Gasteiger partial charge in [-0.25, -0.2) is 9.59 Å². The lowest BCUT2D eigenvalue weighted by atomic mass is 9.98. The van der Waals surface area contributed by atoms with E-state index >= 15 is 0 Å². The van der Waals surface area contributed by atoms with Crippen LogP contribution in [-0.4, -0.2) is 35.7 Å². The number of alkyl carbamates (subject to hydrolysis) is 1. The average Bonchev–Trinajstić information content (AvgIpc) is 3.16. The van der Waals surface area contributed by atoms with Crippen molar-refractivity contribution in [3.05, 3.63) is 89.5 Å². The van der Waals surface area contributed by atoms with Crippen LogP contribution in [0.3, 0.4) is 0 Å². The number of anilines is 1. The number of rotatable bonds is 8. The summed E-state index contributed by atoms with van der Waals surface area (Å²) in [6.45, 7) is 4.04. The molecule has 0 aliphatic heterocycles. The first kappa shape index (κ1) is 24.0. The SMILES string of the molecule is CC(C)C(CC(=O)Nc1ccc(C(=O)O)cc1)NC(=O)OCC1c2ccccc2-c2ccccc21. The van der Waals surface area contributed by atoms with Crippen molar-refractivity contribution in [3.63, 3.8) is 0 Å². The van der Waals surface area contributed by atoms with Crippen LogP contribution in [0.2, 0.25) is 0 Å². The molecule has 0 saturated carbocycles. The van der Waals surface area contributed by atoms with E-state index in [9.17, 15) is 14.4 Å². The summed E-state index contributed by atoms with van der Waals surface area (Å²) in [5, 5.41) is 14.6. The maximum Gasteiger partial charge on any atom is 0.407 e. The Bertz CT molecular complexity index is 1190. The summed E-state index contributed by atoms with van der Waals surface area (Å²) in [4.78, 5) is 36.2. The number of carbonyl (C=O) groups is 3. The van der Waals surface area contributed by atoms with Crippen molar-refractivity contribution in [1.82, 2.24) is 5.32 Å². The van der Waals surface area contributed by atoms with Crippen LogP contribution in [-0.2, 0) is 9.53 Å². The third kappa shape index (κ3) is 5.51. The largest absolute Gasteiger partial charge is 0.478 e. The number of benzene rings is 3. The zero-order valence-corrected chi connectivity index (χ0v) is 19.7. The summed E-state index contributed by atoms with van der Waals surface area (Å²) >= 11 is 0. The molecule has 0 saturated heterocycles. The summed E-state index contributed by atoms with van der Waals surface area (Å²) in [6, 6.07) is 21.7. The van der Waals surface area contributed by atoms with Gasteiger partial charge in [0.05, 0.1) is 5.56 Å². The van der Waals surface area contributed by atoms with Gasteiger partial charge in [-0.15, -0.1) is 0 Å². The average molecular weight is 473 g/mol. The Hall–Kier alpha value is -4.13. The van der Waals surface area contributed by atoms with Crippen LogP contribution in [0, 0.1) is 5.92 Å². The molecule has 3 aromatic carbocycles. The summed E-state index contributed by atoms with van der Waals surface area (Å²) in [5.41, 5.74) is 5.21. The molecule has 1 unspecified atom stereocenters. The van der Waals surface area contributed by atoms with Crippen LogP contribution in [0.5, 0.6) is 0 Å². The van der Waals surface area contributed by atoms with Crippen molar-refractivity contribution in [2.75, 3.05) is 11.9 Å². The van der Waals surface area contributed by atoms with Crippen LogP contribution < -0.4 is 10.6 Å². The molecule has 1 aliphatic carbocycles. The van der Waals surface area contributed by atoms with E-state index in [0.717, 1.165) is 22.3 Å². The van der Waals surface area contributed by atoms with Crippen molar-refractivity contribution < 1.29 is 24.2 Å². The van der Waals surface area contributed by atoms with E-state index in [1.54, 1.807) is 0 Å². The number of hydrogen-bond donors (Lipinski definition) is 3. The maximum absolute atomic E-state index is 12.7. The summed E-state index contributed by atoms with van der Waals surface area (Å²) < 4.78 is 5.62. The molecule has 0 bridgehead atoms. The van der Waals surface area contributed by atoms with E-state index in [4.69, 9.17) is 9.84 Å². The number of fused-ring (bicyclic) bond motifs is 3. The first-order valence-electron chi connectivity index (χ1n) is 11.6. The summed E-state index contributed by atoms with van der Waals surface area (Å²) in [5.74, 6) is -1.36. The monoisotopic (exact) mass is 472 g/mol. The smallest absolute Gasteiger partial charge is 0.407 e. The first-order chi connectivity index (χ1) is 16.8. The maximum atomic E-state index is 12.7. The summed E-state index contributed by atoms with van der Waals surface area (Å²) in [6.07, 6.45) is -0.508. The van der Waals surface area contributed by atoms with Crippen molar-refractivity contribution in [2.24, 2.45) is 5.92 Å². The first-order valence-corrected chi connectivity index (χ1v) is 11.6. The van der Waals surface area contributed by atoms with Crippen LogP contribution in [0.1, 0.15) is 47.7 Å². The Morgan fingerprint density at radius 2 is 1.46 bits per heavy atom. The van der Waals surface area contributed by atoms with Crippen molar-refractivity contribution in [3.8, 4) is 11.1 Å². The molecule has 4 rings (SSSR count). The minimum atomic E-state index is -1.03. The van der Waals surface area contributed by atoms with Gasteiger partial charge in [0, 0.05) is 24.1 Å². The van der Waals surface area contributed by atoms with Crippen molar-refractivity contribution in [1.29, 1.82) is 0 Å².